The Balaban J connectivity index is 2.30. The minimum atomic E-state index is 0.397. The minimum Gasteiger partial charge on any atom is -0.436 e. The lowest BCUT2D eigenvalue weighted by Crippen LogP contribution is -1.97. The van der Waals surface area contributed by atoms with Crippen LogP contribution < -0.4 is 10.1 Å². The van der Waals surface area contributed by atoms with E-state index >= 15 is 0 Å². The van der Waals surface area contributed by atoms with Gasteiger partial charge in [0.1, 0.15) is 22.4 Å². The summed E-state index contributed by atoms with van der Waals surface area (Å²) in [5.74, 6) is 1.55. The van der Waals surface area contributed by atoms with Crippen LogP contribution in [-0.4, -0.2) is 22.0 Å². The predicted octanol–water partition coefficient (Wildman–Crippen LogP) is 3.12. The van der Waals surface area contributed by atoms with Gasteiger partial charge in [0.25, 0.3) is 0 Å². The van der Waals surface area contributed by atoms with Gasteiger partial charge in [0.2, 0.25) is 5.88 Å². The maximum absolute atomic E-state index is 5.81. The Hall–Kier alpha value is -1.40. The van der Waals surface area contributed by atoms with Gasteiger partial charge >= 0.3 is 0 Å². The van der Waals surface area contributed by atoms with Gasteiger partial charge in [0, 0.05) is 19.3 Å². The Morgan fingerprint density at radius 3 is 2.88 bits per heavy atom. The molecule has 2 aromatic heterocycles. The molecule has 2 rings (SSSR count). The highest BCUT2D eigenvalue weighted by Crippen LogP contribution is 2.31. The molecule has 0 saturated heterocycles. The molecule has 0 spiro atoms. The number of halogens is 2. The molecular formula is C10H8BrClN4O. The first-order chi connectivity index (χ1) is 8.20. The van der Waals surface area contributed by atoms with Gasteiger partial charge in [0.05, 0.1) is 11.2 Å². The molecule has 0 fully saturated rings. The third kappa shape index (κ3) is 2.83. The standard InChI is InChI=1S/C10H8BrClN4O/c1-13-9-8(11)10(16-5-15-9)17-7-2-6(12)3-14-4-7/h2-5H,1H3,(H,13,15,16). The van der Waals surface area contributed by atoms with Crippen molar-refractivity contribution < 1.29 is 4.74 Å². The van der Waals surface area contributed by atoms with Crippen LogP contribution in [0, 0.1) is 0 Å². The molecule has 0 unspecified atom stereocenters. The Kier molecular flexibility index (Phi) is 3.75. The van der Waals surface area contributed by atoms with Crippen molar-refractivity contribution in [1.82, 2.24) is 15.0 Å². The molecule has 7 heteroatoms. The summed E-state index contributed by atoms with van der Waals surface area (Å²) in [6, 6.07) is 1.65. The molecule has 0 radical (unpaired) electrons. The largest absolute Gasteiger partial charge is 0.436 e. The van der Waals surface area contributed by atoms with Gasteiger partial charge in [-0.15, -0.1) is 0 Å². The van der Waals surface area contributed by atoms with Crippen LogP contribution in [0.5, 0.6) is 11.6 Å². The van der Waals surface area contributed by atoms with Crippen molar-refractivity contribution in [3.8, 4) is 11.6 Å². The molecule has 88 valence electrons. The molecule has 2 heterocycles. The van der Waals surface area contributed by atoms with Crippen LogP contribution in [0.15, 0.2) is 29.3 Å². The van der Waals surface area contributed by atoms with Crippen LogP contribution in [0.4, 0.5) is 5.82 Å². The van der Waals surface area contributed by atoms with Crippen molar-refractivity contribution >= 4 is 33.3 Å². The Bertz CT molecular complexity index is 537. The molecule has 0 bridgehead atoms. The van der Waals surface area contributed by atoms with Crippen molar-refractivity contribution in [3.63, 3.8) is 0 Å². The fourth-order valence-electron chi connectivity index (χ4n) is 1.16. The fourth-order valence-corrected chi connectivity index (χ4v) is 1.81. The lowest BCUT2D eigenvalue weighted by molar-refractivity contribution is 0.456. The van der Waals surface area contributed by atoms with Gasteiger partial charge in [-0.2, -0.15) is 0 Å². The molecule has 0 saturated carbocycles. The van der Waals surface area contributed by atoms with Crippen molar-refractivity contribution in [3.05, 3.63) is 34.3 Å². The number of rotatable bonds is 3. The van der Waals surface area contributed by atoms with E-state index in [1.807, 2.05) is 0 Å². The van der Waals surface area contributed by atoms with E-state index in [1.165, 1.54) is 12.5 Å². The first kappa shape index (κ1) is 12.1. The lowest BCUT2D eigenvalue weighted by Gasteiger charge is -2.08. The quantitative estimate of drug-likeness (QED) is 0.943. The highest BCUT2D eigenvalue weighted by atomic mass is 79.9. The van der Waals surface area contributed by atoms with Gasteiger partial charge in [-0.25, -0.2) is 9.97 Å². The van der Waals surface area contributed by atoms with Crippen LogP contribution in [0.3, 0.4) is 0 Å². The number of anilines is 1. The third-order valence-corrected chi connectivity index (χ3v) is 2.81. The summed E-state index contributed by atoms with van der Waals surface area (Å²) in [5, 5.41) is 3.41. The summed E-state index contributed by atoms with van der Waals surface area (Å²) in [7, 11) is 1.76. The van der Waals surface area contributed by atoms with E-state index in [-0.39, 0.29) is 0 Å². The smallest absolute Gasteiger partial charge is 0.238 e. The van der Waals surface area contributed by atoms with E-state index in [9.17, 15) is 0 Å². The van der Waals surface area contributed by atoms with Gasteiger partial charge in [-0.3, -0.25) is 4.98 Å². The van der Waals surface area contributed by atoms with Crippen LogP contribution in [-0.2, 0) is 0 Å². The number of hydrogen-bond donors (Lipinski definition) is 1. The Morgan fingerprint density at radius 2 is 2.18 bits per heavy atom. The van der Waals surface area contributed by atoms with Crippen molar-refractivity contribution in [2.75, 3.05) is 12.4 Å². The highest BCUT2D eigenvalue weighted by molar-refractivity contribution is 9.10. The van der Waals surface area contributed by atoms with Crippen LogP contribution >= 0.6 is 27.5 Å². The van der Waals surface area contributed by atoms with Gasteiger partial charge in [0.15, 0.2) is 0 Å². The van der Waals surface area contributed by atoms with Crippen molar-refractivity contribution in [1.29, 1.82) is 0 Å². The summed E-state index contributed by atoms with van der Waals surface area (Å²) >= 11 is 9.16. The average molecular weight is 316 g/mol. The second-order valence-corrected chi connectivity index (χ2v) is 4.26. The monoisotopic (exact) mass is 314 g/mol. The third-order valence-electron chi connectivity index (χ3n) is 1.89. The SMILES string of the molecule is CNc1ncnc(Oc2cncc(Cl)c2)c1Br. The summed E-state index contributed by atoms with van der Waals surface area (Å²) in [6.07, 6.45) is 4.49. The maximum Gasteiger partial charge on any atom is 0.238 e. The maximum atomic E-state index is 5.81. The zero-order valence-corrected chi connectivity index (χ0v) is 11.2. The number of hydrogen-bond acceptors (Lipinski definition) is 5. The predicted molar refractivity (Wildman–Crippen MR) is 68.6 cm³/mol. The van der Waals surface area contributed by atoms with Gasteiger partial charge in [-0.1, -0.05) is 11.6 Å². The van der Waals surface area contributed by atoms with E-state index in [0.717, 1.165) is 0 Å². The average Bonchev–Trinajstić information content (AvgIpc) is 2.32. The van der Waals surface area contributed by atoms with Crippen LogP contribution in [0.2, 0.25) is 5.02 Å². The van der Waals surface area contributed by atoms with E-state index in [0.29, 0.717) is 26.9 Å². The second kappa shape index (κ2) is 5.29. The van der Waals surface area contributed by atoms with Gasteiger partial charge < -0.3 is 10.1 Å². The lowest BCUT2D eigenvalue weighted by atomic mass is 10.4. The molecular weight excluding hydrogens is 307 g/mol. The van der Waals surface area contributed by atoms with E-state index in [2.05, 4.69) is 36.2 Å². The zero-order chi connectivity index (χ0) is 12.3. The first-order valence-corrected chi connectivity index (χ1v) is 5.84. The molecule has 0 aliphatic carbocycles. The number of nitrogens with one attached hydrogen (secondary N) is 1. The topological polar surface area (TPSA) is 59.9 Å². The highest BCUT2D eigenvalue weighted by Gasteiger charge is 2.09. The molecule has 17 heavy (non-hydrogen) atoms. The molecule has 0 aliphatic heterocycles. The molecule has 0 amide bonds. The van der Waals surface area contributed by atoms with E-state index in [4.69, 9.17) is 16.3 Å². The second-order valence-electron chi connectivity index (χ2n) is 3.03. The van der Waals surface area contributed by atoms with Crippen molar-refractivity contribution in [2.24, 2.45) is 0 Å². The number of pyridine rings is 1. The molecule has 0 aliphatic rings. The summed E-state index contributed by atoms with van der Waals surface area (Å²) in [5.41, 5.74) is 0. The first-order valence-electron chi connectivity index (χ1n) is 4.67. The summed E-state index contributed by atoms with van der Waals surface area (Å²) in [4.78, 5) is 12.0. The summed E-state index contributed by atoms with van der Waals surface area (Å²) in [6.45, 7) is 0. The number of ether oxygens (including phenoxy) is 1. The Morgan fingerprint density at radius 1 is 1.35 bits per heavy atom. The fraction of sp³-hybridized carbons (Fsp3) is 0.100. The zero-order valence-electron chi connectivity index (χ0n) is 8.82. The van der Waals surface area contributed by atoms with E-state index in [1.54, 1.807) is 19.3 Å². The molecule has 0 atom stereocenters. The van der Waals surface area contributed by atoms with Crippen molar-refractivity contribution in [2.45, 2.75) is 0 Å². The number of nitrogens with zero attached hydrogens (tertiary/aromatic N) is 3. The van der Waals surface area contributed by atoms with Gasteiger partial charge in [-0.05, 0) is 15.9 Å². The van der Waals surface area contributed by atoms with Crippen LogP contribution in [0.1, 0.15) is 0 Å². The summed E-state index contributed by atoms with van der Waals surface area (Å²) < 4.78 is 6.19. The van der Waals surface area contributed by atoms with E-state index < -0.39 is 0 Å². The molecule has 1 N–H and O–H groups in total. The normalized spacial score (nSPS) is 10.1. The molecule has 2 aromatic rings. The van der Waals surface area contributed by atoms with Crippen LogP contribution in [0.25, 0.3) is 0 Å². The number of aromatic nitrogens is 3. The molecule has 5 nitrogen and oxygen atoms in total. The minimum absolute atomic E-state index is 0.397. The Labute approximate surface area is 111 Å². The molecule has 0 aromatic carbocycles.